The fourth-order valence-electron chi connectivity index (χ4n) is 2.34. The molecule has 3 aromatic heterocycles. The lowest BCUT2D eigenvalue weighted by atomic mass is 10.3. The molecule has 21 heavy (non-hydrogen) atoms. The van der Waals surface area contributed by atoms with Gasteiger partial charge < -0.3 is 10.0 Å². The number of carbonyl (C=O) groups excluding carboxylic acids is 1. The van der Waals surface area contributed by atoms with Crippen molar-refractivity contribution in [2.24, 2.45) is 0 Å². The predicted molar refractivity (Wildman–Crippen MR) is 83.4 cm³/mol. The van der Waals surface area contributed by atoms with E-state index in [4.69, 9.17) is 0 Å². The number of carboxylic acid groups (broad SMARTS) is 1. The Bertz CT molecular complexity index is 865. The standard InChI is InChI=1S/C12H9N3O3S3/c16-10(15-5-19-4-7(15)11(17)18)8-3-6-9(21-8)13-12-14(6)1-2-20-12/h1-3,7H,4-5H2,(H,17,18)/t7-/m0/s1. The third-order valence-corrected chi connectivity index (χ3v) is 6.15. The molecule has 0 aliphatic carbocycles. The molecule has 108 valence electrons. The van der Waals surface area contributed by atoms with Gasteiger partial charge in [-0.15, -0.1) is 34.4 Å². The number of carbonyl (C=O) groups is 2. The van der Waals surface area contributed by atoms with Crippen molar-refractivity contribution in [1.82, 2.24) is 14.3 Å². The summed E-state index contributed by atoms with van der Waals surface area (Å²) in [4.78, 5) is 31.9. The van der Waals surface area contributed by atoms with Gasteiger partial charge in [0.2, 0.25) is 0 Å². The van der Waals surface area contributed by atoms with Gasteiger partial charge >= 0.3 is 5.97 Å². The number of hydrogen-bond acceptors (Lipinski definition) is 6. The minimum absolute atomic E-state index is 0.223. The van der Waals surface area contributed by atoms with E-state index in [2.05, 4.69) is 4.98 Å². The van der Waals surface area contributed by atoms with Crippen LogP contribution in [0.4, 0.5) is 0 Å². The summed E-state index contributed by atoms with van der Waals surface area (Å²) in [5, 5.41) is 11.1. The highest BCUT2D eigenvalue weighted by Crippen LogP contribution is 2.31. The van der Waals surface area contributed by atoms with E-state index in [1.165, 1.54) is 28.0 Å². The number of hydrogen-bond donors (Lipinski definition) is 1. The average Bonchev–Trinajstić information content (AvgIpc) is 3.18. The van der Waals surface area contributed by atoms with Crippen LogP contribution in [0.15, 0.2) is 17.6 Å². The van der Waals surface area contributed by atoms with E-state index in [0.717, 1.165) is 15.3 Å². The predicted octanol–water partition coefficient (Wildman–Crippen LogP) is 2.21. The van der Waals surface area contributed by atoms with Gasteiger partial charge in [-0.3, -0.25) is 9.20 Å². The number of rotatable bonds is 2. The van der Waals surface area contributed by atoms with Crippen molar-refractivity contribution in [2.45, 2.75) is 6.04 Å². The molecule has 9 heteroatoms. The van der Waals surface area contributed by atoms with E-state index in [1.807, 2.05) is 16.0 Å². The fourth-order valence-corrected chi connectivity index (χ4v) is 5.24. The van der Waals surface area contributed by atoms with Crippen molar-refractivity contribution < 1.29 is 14.7 Å². The Morgan fingerprint density at radius 3 is 3.10 bits per heavy atom. The maximum Gasteiger partial charge on any atom is 0.327 e. The summed E-state index contributed by atoms with van der Waals surface area (Å²) >= 11 is 4.33. The number of thiophene rings is 1. The average molecular weight is 339 g/mol. The van der Waals surface area contributed by atoms with Crippen LogP contribution in [0, 0.1) is 0 Å². The number of carboxylic acids is 1. The molecule has 1 amide bonds. The van der Waals surface area contributed by atoms with Gasteiger partial charge in [-0.05, 0) is 6.07 Å². The summed E-state index contributed by atoms with van der Waals surface area (Å²) < 4.78 is 1.95. The first-order chi connectivity index (χ1) is 10.1. The zero-order chi connectivity index (χ0) is 14.6. The Balaban J connectivity index is 1.73. The third-order valence-electron chi connectivity index (χ3n) is 3.38. The quantitative estimate of drug-likeness (QED) is 0.775. The number of aliphatic carboxylic acids is 1. The van der Waals surface area contributed by atoms with Crippen molar-refractivity contribution in [3.63, 3.8) is 0 Å². The zero-order valence-electron chi connectivity index (χ0n) is 10.6. The van der Waals surface area contributed by atoms with E-state index >= 15 is 0 Å². The Morgan fingerprint density at radius 1 is 1.43 bits per heavy atom. The first-order valence-electron chi connectivity index (χ1n) is 6.12. The van der Waals surface area contributed by atoms with Crippen molar-refractivity contribution >= 4 is 61.6 Å². The molecule has 1 aliphatic rings. The van der Waals surface area contributed by atoms with Gasteiger partial charge in [0, 0.05) is 17.3 Å². The van der Waals surface area contributed by atoms with Crippen molar-refractivity contribution in [2.75, 3.05) is 11.6 Å². The van der Waals surface area contributed by atoms with Crippen LogP contribution >= 0.6 is 34.4 Å². The first kappa shape index (κ1) is 13.1. The second kappa shape index (κ2) is 4.72. The van der Waals surface area contributed by atoms with Gasteiger partial charge in [0.15, 0.2) is 4.96 Å². The molecule has 4 heterocycles. The van der Waals surface area contributed by atoms with Gasteiger partial charge in [0.05, 0.1) is 16.3 Å². The minimum atomic E-state index is -0.948. The number of thiazole rings is 1. The van der Waals surface area contributed by atoms with Crippen molar-refractivity contribution in [3.05, 3.63) is 22.5 Å². The summed E-state index contributed by atoms with van der Waals surface area (Å²) in [5.74, 6) is -0.303. The summed E-state index contributed by atoms with van der Waals surface area (Å²) in [5.41, 5.74) is 0.901. The molecule has 1 aliphatic heterocycles. The van der Waals surface area contributed by atoms with Crippen molar-refractivity contribution in [3.8, 4) is 0 Å². The van der Waals surface area contributed by atoms with Gasteiger partial charge in [0.25, 0.3) is 5.91 Å². The van der Waals surface area contributed by atoms with Crippen molar-refractivity contribution in [1.29, 1.82) is 0 Å². The number of nitrogens with zero attached hydrogens (tertiary/aromatic N) is 3. The molecular weight excluding hydrogens is 330 g/mol. The maximum absolute atomic E-state index is 12.5. The lowest BCUT2D eigenvalue weighted by Crippen LogP contribution is -2.41. The zero-order valence-corrected chi connectivity index (χ0v) is 13.0. The van der Waals surface area contributed by atoms with E-state index in [-0.39, 0.29) is 5.91 Å². The number of aromatic nitrogens is 2. The second-order valence-corrected chi connectivity index (χ2v) is 7.50. The van der Waals surface area contributed by atoms with Gasteiger partial charge in [0.1, 0.15) is 10.9 Å². The third kappa shape index (κ3) is 1.95. The highest BCUT2D eigenvalue weighted by atomic mass is 32.2. The number of fused-ring (bicyclic) bond motifs is 3. The SMILES string of the molecule is O=C(O)[C@@H]1CSCN1C(=O)c1cc2c(nc3sccn32)s1. The van der Waals surface area contributed by atoms with Gasteiger partial charge in [-0.2, -0.15) is 0 Å². The fraction of sp³-hybridized carbons (Fsp3) is 0.250. The summed E-state index contributed by atoms with van der Waals surface area (Å²) in [7, 11) is 0. The molecule has 0 unspecified atom stereocenters. The Labute approximate surface area is 131 Å². The molecular formula is C12H9N3O3S3. The first-order valence-corrected chi connectivity index (χ1v) is 8.97. The molecule has 1 fully saturated rings. The van der Waals surface area contributed by atoms with E-state index in [1.54, 1.807) is 17.4 Å². The number of thioether (sulfide) groups is 1. The minimum Gasteiger partial charge on any atom is -0.480 e. The van der Waals surface area contributed by atoms with E-state index in [9.17, 15) is 14.7 Å². The molecule has 0 saturated carbocycles. The van der Waals surface area contributed by atoms with Crippen LogP contribution in [-0.2, 0) is 4.79 Å². The van der Waals surface area contributed by atoms with Crippen LogP contribution in [0.2, 0.25) is 0 Å². The Morgan fingerprint density at radius 2 is 2.29 bits per heavy atom. The largest absolute Gasteiger partial charge is 0.480 e. The monoisotopic (exact) mass is 339 g/mol. The second-order valence-electron chi connectivity index (χ2n) is 4.60. The van der Waals surface area contributed by atoms with Crippen LogP contribution < -0.4 is 0 Å². The number of amides is 1. The van der Waals surface area contributed by atoms with Crippen LogP contribution in [0.25, 0.3) is 15.3 Å². The molecule has 1 atom stereocenters. The molecule has 6 nitrogen and oxygen atoms in total. The lowest BCUT2D eigenvalue weighted by molar-refractivity contribution is -0.140. The lowest BCUT2D eigenvalue weighted by Gasteiger charge is -2.19. The molecule has 0 spiro atoms. The normalized spacial score (nSPS) is 18.9. The van der Waals surface area contributed by atoms with Gasteiger partial charge in [-0.1, -0.05) is 0 Å². The topological polar surface area (TPSA) is 74.9 Å². The number of imidazole rings is 1. The molecule has 0 radical (unpaired) electrons. The Hall–Kier alpha value is -1.58. The summed E-state index contributed by atoms with van der Waals surface area (Å²) in [6.45, 7) is 0. The van der Waals surface area contributed by atoms with E-state index < -0.39 is 12.0 Å². The maximum atomic E-state index is 12.5. The summed E-state index contributed by atoms with van der Waals surface area (Å²) in [6, 6.07) is 1.07. The molecule has 1 saturated heterocycles. The molecule has 0 bridgehead atoms. The van der Waals surface area contributed by atoms with Crippen LogP contribution in [0.3, 0.4) is 0 Å². The molecule has 1 N–H and O–H groups in total. The summed E-state index contributed by atoms with van der Waals surface area (Å²) in [6.07, 6.45) is 1.92. The van der Waals surface area contributed by atoms with Gasteiger partial charge in [-0.25, -0.2) is 9.78 Å². The molecule has 0 aromatic carbocycles. The smallest absolute Gasteiger partial charge is 0.327 e. The molecule has 3 aromatic rings. The Kier molecular flexibility index (Phi) is 2.95. The van der Waals surface area contributed by atoms with Crippen LogP contribution in [-0.4, -0.2) is 48.9 Å². The van der Waals surface area contributed by atoms with Crippen LogP contribution in [0.5, 0.6) is 0 Å². The highest BCUT2D eigenvalue weighted by molar-refractivity contribution is 7.99. The highest BCUT2D eigenvalue weighted by Gasteiger charge is 2.35. The van der Waals surface area contributed by atoms with E-state index in [0.29, 0.717) is 16.5 Å². The molecule has 4 rings (SSSR count). The van der Waals surface area contributed by atoms with Crippen LogP contribution in [0.1, 0.15) is 9.67 Å².